The Kier molecular flexibility index (Phi) is 59.2. The first-order valence-corrected chi connectivity index (χ1v) is 57.3. The zero-order chi connectivity index (χ0) is 93.9. The summed E-state index contributed by atoms with van der Waals surface area (Å²) in [4.78, 5) is 0. The summed E-state index contributed by atoms with van der Waals surface area (Å²) < 4.78 is 63.9. The van der Waals surface area contributed by atoms with Crippen molar-refractivity contribution in [1.82, 2.24) is 0 Å². The van der Waals surface area contributed by atoms with E-state index in [9.17, 15) is 0 Å². The molecule has 0 aliphatic carbocycles. The normalized spacial score (nSPS) is 13.2. The van der Waals surface area contributed by atoms with Crippen molar-refractivity contribution in [1.29, 1.82) is 0 Å². The summed E-state index contributed by atoms with van der Waals surface area (Å²) in [5.74, 6) is 4.86. The Labute approximate surface area is 804 Å². The average Bonchev–Trinajstić information content (AvgIpc) is 0.757. The summed E-state index contributed by atoms with van der Waals surface area (Å²) >= 11 is 0. The average molecular weight is 1850 g/mol. The molecule has 0 radical (unpaired) electrons. The first-order chi connectivity index (χ1) is 62.9. The standard InChI is InChI=1S/C118H193O9P3/c1-20-26-32-38-44-47-50-53-56-62-68-83-119-128(122-103-80-71-77-100(90-103)74-65-59-41-35-29-23-4)125-113-87-97(8)106(93-110(113)116(11,12)13)96(7)86-109(107-94-111(117(14,15)16)114(88-98(107)9)126-129(120-84-69-63-57-54-51-48-45-39-33-27-21-2)123-104-81-72-78-101(91-104)75-66-60-42-36-30-24-5)108-95-112(118(17,18)19)115(89-99(108)10)127-130(121-85-70-64-58-55-52-49-46-40-34-28-22-3)124-105-82-73-79-102(92-105)76-67-61-43-37-31-25-6/h71-73,77-82,87-96,109H,20-70,74-76,83-86H2,1-19H3. The Morgan fingerprint density at radius 1 is 0.246 bits per heavy atom. The van der Waals surface area contributed by atoms with Crippen LogP contribution in [0.5, 0.6) is 34.5 Å². The van der Waals surface area contributed by atoms with Crippen molar-refractivity contribution < 1.29 is 40.7 Å². The van der Waals surface area contributed by atoms with Crippen LogP contribution in [0, 0.1) is 20.8 Å². The van der Waals surface area contributed by atoms with E-state index in [-0.39, 0.29) is 28.1 Å². The van der Waals surface area contributed by atoms with Gasteiger partial charge in [-0.05, 0) is 212 Å². The zero-order valence-corrected chi connectivity index (χ0v) is 89.8. The summed E-state index contributed by atoms with van der Waals surface area (Å²) in [7, 11) is -5.53. The highest BCUT2D eigenvalue weighted by Gasteiger charge is 2.35. The highest BCUT2D eigenvalue weighted by atomic mass is 31.2. The maximum absolute atomic E-state index is 7.40. The highest BCUT2D eigenvalue weighted by molar-refractivity contribution is 7.43. The molecule has 6 rings (SSSR count). The lowest BCUT2D eigenvalue weighted by Crippen LogP contribution is -2.19. The number of aryl methyl sites for hydroxylation is 6. The summed E-state index contributed by atoms with van der Waals surface area (Å²) in [5, 5.41) is 0. The van der Waals surface area contributed by atoms with Crippen LogP contribution in [0.25, 0.3) is 0 Å². The molecule has 0 bridgehead atoms. The smallest absolute Gasteiger partial charge is 0.418 e. The third kappa shape index (κ3) is 47.4. The molecule has 0 fully saturated rings. The minimum atomic E-state index is -1.86. The van der Waals surface area contributed by atoms with E-state index in [0.29, 0.717) is 19.8 Å². The predicted molar refractivity (Wildman–Crippen MR) is 567 cm³/mol. The molecule has 12 heteroatoms. The Morgan fingerprint density at radius 2 is 0.462 bits per heavy atom. The molecule has 6 aromatic carbocycles. The maximum Gasteiger partial charge on any atom is 0.463 e. The van der Waals surface area contributed by atoms with Gasteiger partial charge in [0.05, 0.1) is 19.8 Å². The van der Waals surface area contributed by atoms with E-state index in [1.165, 1.54) is 328 Å². The molecule has 0 N–H and O–H groups in total. The lowest BCUT2D eigenvalue weighted by Gasteiger charge is -2.33. The van der Waals surface area contributed by atoms with Crippen molar-refractivity contribution in [3.63, 3.8) is 0 Å². The molecule has 4 atom stereocenters. The minimum absolute atomic E-state index is 0.0790. The van der Waals surface area contributed by atoms with Crippen LogP contribution in [0.2, 0.25) is 0 Å². The molecule has 0 aliphatic heterocycles. The fraction of sp³-hybridized carbons (Fsp3) is 0.695. The van der Waals surface area contributed by atoms with Crippen molar-refractivity contribution in [2.45, 2.75) is 513 Å². The molecule has 4 unspecified atom stereocenters. The summed E-state index contributed by atoms with van der Waals surface area (Å²) in [5.41, 5.74) is 13.7. The van der Waals surface area contributed by atoms with Crippen LogP contribution >= 0.6 is 25.8 Å². The van der Waals surface area contributed by atoms with E-state index < -0.39 is 25.8 Å². The molecular weight excluding hydrogens is 1650 g/mol. The molecule has 0 saturated heterocycles. The van der Waals surface area contributed by atoms with Crippen molar-refractivity contribution in [3.8, 4) is 34.5 Å². The maximum atomic E-state index is 7.40. The molecule has 0 aliphatic rings. The van der Waals surface area contributed by atoms with E-state index in [2.05, 4.69) is 241 Å². The van der Waals surface area contributed by atoms with Crippen LogP contribution in [0.15, 0.2) is 109 Å². The molecule has 0 aromatic heterocycles. The quantitative estimate of drug-likeness (QED) is 0.0274. The van der Waals surface area contributed by atoms with E-state index in [4.69, 9.17) is 40.7 Å². The SMILES string of the molecule is CCCCCCCCCCCCCOP(Oc1cccc(CCCCCCCC)c1)Oc1cc(C)c(C(C)CC(c2cc(C(C)(C)C)c(OP(OCCCCCCCCCCCCC)Oc3cccc(CCCCCCCC)c3)cc2C)c2cc(C(C)(C)C)c(OP(OCCCCCCCCCCCCC)Oc3cccc(CCCCCCCC)c3)cc2C)cc1C(C)(C)C. The first kappa shape index (κ1) is 114. The Bertz CT molecular complexity index is 3720. The number of benzene rings is 6. The van der Waals surface area contributed by atoms with Gasteiger partial charge in [0.25, 0.3) is 0 Å². The van der Waals surface area contributed by atoms with Crippen LogP contribution in [-0.2, 0) is 49.1 Å². The van der Waals surface area contributed by atoms with E-state index in [0.717, 1.165) is 127 Å². The monoisotopic (exact) mass is 1850 g/mol. The van der Waals surface area contributed by atoms with Gasteiger partial charge in [-0.1, -0.05) is 454 Å². The molecule has 734 valence electrons. The Hall–Kier alpha value is -4.71. The van der Waals surface area contributed by atoms with Gasteiger partial charge in [0.2, 0.25) is 0 Å². The van der Waals surface area contributed by atoms with Crippen LogP contribution in [-0.4, -0.2) is 19.8 Å². The van der Waals surface area contributed by atoms with Gasteiger partial charge in [-0.3, -0.25) is 13.6 Å². The predicted octanol–water partition coefficient (Wildman–Crippen LogP) is 40.6. The number of hydrogen-bond donors (Lipinski definition) is 0. The first-order valence-electron chi connectivity index (χ1n) is 54.0. The minimum Gasteiger partial charge on any atom is -0.418 e. The summed E-state index contributed by atoms with van der Waals surface area (Å²) in [6.45, 7) is 45.9. The lowest BCUT2D eigenvalue weighted by molar-refractivity contribution is 0.256. The molecule has 130 heavy (non-hydrogen) atoms. The second-order valence-electron chi connectivity index (χ2n) is 41.9. The van der Waals surface area contributed by atoms with Crippen LogP contribution in [0.3, 0.4) is 0 Å². The van der Waals surface area contributed by atoms with Crippen molar-refractivity contribution in [3.05, 3.63) is 176 Å². The van der Waals surface area contributed by atoms with Gasteiger partial charge < -0.3 is 27.1 Å². The fourth-order valence-corrected chi connectivity index (χ4v) is 21.3. The van der Waals surface area contributed by atoms with E-state index in [1.54, 1.807) is 0 Å². The van der Waals surface area contributed by atoms with Gasteiger partial charge in [-0.25, -0.2) is 0 Å². The van der Waals surface area contributed by atoms with Crippen LogP contribution in [0.1, 0.15) is 523 Å². The van der Waals surface area contributed by atoms with Gasteiger partial charge in [-0.2, -0.15) is 0 Å². The third-order valence-corrected chi connectivity index (χ3v) is 29.7. The van der Waals surface area contributed by atoms with Gasteiger partial charge in [0, 0.05) is 22.6 Å². The highest BCUT2D eigenvalue weighted by Crippen LogP contribution is 2.53. The molecule has 9 nitrogen and oxygen atoms in total. The topological polar surface area (TPSA) is 83.1 Å². The van der Waals surface area contributed by atoms with Gasteiger partial charge >= 0.3 is 25.8 Å². The van der Waals surface area contributed by atoms with Crippen molar-refractivity contribution >= 4 is 25.8 Å². The molecule has 6 aromatic rings. The van der Waals surface area contributed by atoms with Gasteiger partial charge in [0.1, 0.15) is 34.5 Å². The second kappa shape index (κ2) is 67.5. The molecular formula is C118H193O9P3. The van der Waals surface area contributed by atoms with Crippen molar-refractivity contribution in [2.75, 3.05) is 19.8 Å². The molecule has 0 heterocycles. The Morgan fingerprint density at radius 3 is 0.700 bits per heavy atom. The lowest BCUT2D eigenvalue weighted by atomic mass is 9.74. The molecule has 0 saturated carbocycles. The third-order valence-electron chi connectivity index (χ3n) is 26.4. The molecule has 0 amide bonds. The van der Waals surface area contributed by atoms with Crippen LogP contribution in [0.4, 0.5) is 0 Å². The number of unbranched alkanes of at least 4 members (excludes halogenated alkanes) is 45. The van der Waals surface area contributed by atoms with Gasteiger partial charge in [-0.15, -0.1) is 0 Å². The second-order valence-corrected chi connectivity index (χ2v) is 45.1. The Balaban J connectivity index is 1.45. The zero-order valence-electron chi connectivity index (χ0n) is 87.1. The molecule has 0 spiro atoms. The van der Waals surface area contributed by atoms with Crippen LogP contribution < -0.4 is 27.1 Å². The summed E-state index contributed by atoms with van der Waals surface area (Å²) in [6.07, 6.45) is 68.7. The van der Waals surface area contributed by atoms with E-state index >= 15 is 0 Å². The van der Waals surface area contributed by atoms with Crippen molar-refractivity contribution in [2.24, 2.45) is 0 Å². The van der Waals surface area contributed by atoms with E-state index in [1.807, 2.05) is 0 Å². The number of rotatable bonds is 77. The number of hydrogen-bond acceptors (Lipinski definition) is 9. The summed E-state index contributed by atoms with van der Waals surface area (Å²) in [6, 6.07) is 40.6. The van der Waals surface area contributed by atoms with Gasteiger partial charge in [0.15, 0.2) is 0 Å². The fourth-order valence-electron chi connectivity index (χ4n) is 18.3. The largest absolute Gasteiger partial charge is 0.463 e.